The summed E-state index contributed by atoms with van der Waals surface area (Å²) in [4.78, 5) is 12.5. The summed E-state index contributed by atoms with van der Waals surface area (Å²) in [5.74, 6) is 2.42. The Labute approximate surface area is 325 Å². The van der Waals surface area contributed by atoms with Crippen molar-refractivity contribution in [2.75, 3.05) is 4.90 Å². The maximum Gasteiger partial charge on any atom is 0.154 e. The molecule has 3 aromatic heterocycles. The number of phenolic OH excluding ortho intramolecular Hbond substituents is 1. The van der Waals surface area contributed by atoms with Crippen LogP contribution in [0.5, 0.6) is 5.75 Å². The molecule has 6 nitrogen and oxygen atoms in total. The summed E-state index contributed by atoms with van der Waals surface area (Å²) < 4.78 is 1.92. The molecule has 53 heavy (non-hydrogen) atoms. The fourth-order valence-corrected chi connectivity index (χ4v) is 6.91. The second kappa shape index (κ2) is 13.8. The maximum atomic E-state index is 12.0. The minimum atomic E-state index is -0.279. The second-order valence-electron chi connectivity index (χ2n) is 15.5. The molecule has 7 heteroatoms. The summed E-state index contributed by atoms with van der Waals surface area (Å²) in [5, 5.41) is 20.3. The van der Waals surface area contributed by atoms with Crippen molar-refractivity contribution in [1.29, 1.82) is 0 Å². The number of benzene rings is 5. The van der Waals surface area contributed by atoms with Crippen LogP contribution in [0.15, 0.2) is 140 Å². The number of fused-ring (bicyclic) bond motifs is 2. The molecule has 0 aliphatic rings. The molecule has 0 unspecified atom stereocenters. The molecule has 268 valence electrons. The Morgan fingerprint density at radius 2 is 1.30 bits per heavy atom. The molecular formula is C46H42N5OPt-. The Morgan fingerprint density at radius 1 is 0.660 bits per heavy atom. The predicted octanol–water partition coefficient (Wildman–Crippen LogP) is 11.6. The molecule has 0 aliphatic carbocycles. The first kappa shape index (κ1) is 35.9. The third-order valence-corrected chi connectivity index (χ3v) is 9.73. The van der Waals surface area contributed by atoms with Crippen LogP contribution in [0.25, 0.3) is 49.9 Å². The zero-order valence-corrected chi connectivity index (χ0v) is 33.1. The Morgan fingerprint density at radius 3 is 2.00 bits per heavy atom. The summed E-state index contributed by atoms with van der Waals surface area (Å²) in [6, 6.07) is 45.5. The molecule has 0 amide bonds. The van der Waals surface area contributed by atoms with Gasteiger partial charge in [0.25, 0.3) is 0 Å². The smallest absolute Gasteiger partial charge is 0.154 e. The van der Waals surface area contributed by atoms with Gasteiger partial charge in [0.1, 0.15) is 11.4 Å². The molecule has 0 spiro atoms. The van der Waals surface area contributed by atoms with Crippen molar-refractivity contribution < 1.29 is 26.2 Å². The molecule has 5 aromatic carbocycles. The Hall–Kier alpha value is -5.45. The van der Waals surface area contributed by atoms with E-state index >= 15 is 0 Å². The van der Waals surface area contributed by atoms with Gasteiger partial charge in [-0.05, 0) is 74.1 Å². The van der Waals surface area contributed by atoms with Crippen molar-refractivity contribution in [3.63, 3.8) is 0 Å². The van der Waals surface area contributed by atoms with Crippen LogP contribution in [0.2, 0.25) is 0 Å². The van der Waals surface area contributed by atoms with Crippen LogP contribution >= 0.6 is 0 Å². The van der Waals surface area contributed by atoms with E-state index in [0.717, 1.165) is 55.4 Å². The average Bonchev–Trinajstić information content (AvgIpc) is 3.74. The number of pyridine rings is 1. The van der Waals surface area contributed by atoms with E-state index in [1.165, 1.54) is 0 Å². The molecular weight excluding hydrogens is 834 g/mol. The summed E-state index contributed by atoms with van der Waals surface area (Å²) in [6.45, 7) is 13.0. The van der Waals surface area contributed by atoms with E-state index in [2.05, 4.69) is 131 Å². The Kier molecular flexibility index (Phi) is 9.38. The minimum Gasteiger partial charge on any atom is -0.507 e. The number of phenols is 1. The standard InChI is InChI=1S/C46H42N5O.Pt/c1-45(2,3)33-27-37(43(52)38(28-33)46(4,5)6)42-36-23-15-16-24-39(36)51(49-42)41-26-32(30-17-9-7-10-18-30)25-40(48-41)50(34-20-11-8-12-21-34)44-35-22-14-13-19-31(35)29-47-44;/h7-29H,1-6H3,(H,49,52);/q-1;. The third-order valence-electron chi connectivity index (χ3n) is 9.73. The first-order valence-corrected chi connectivity index (χ1v) is 17.8. The van der Waals surface area contributed by atoms with Crippen LogP contribution in [0.1, 0.15) is 52.7 Å². The number of aromatic hydroxyl groups is 1. The van der Waals surface area contributed by atoms with Crippen molar-refractivity contribution in [2.45, 2.75) is 52.4 Å². The zero-order valence-electron chi connectivity index (χ0n) is 30.8. The number of aromatic nitrogens is 4. The van der Waals surface area contributed by atoms with Gasteiger partial charge in [0.05, 0.1) is 11.3 Å². The molecule has 8 rings (SSSR count). The van der Waals surface area contributed by atoms with Crippen molar-refractivity contribution in [1.82, 2.24) is 19.7 Å². The number of hydrogen-bond acceptors (Lipinski definition) is 4. The molecule has 0 radical (unpaired) electrons. The molecule has 0 saturated heterocycles. The van der Waals surface area contributed by atoms with Gasteiger partial charge in [-0.25, -0.2) is 9.67 Å². The summed E-state index contributed by atoms with van der Waals surface area (Å²) >= 11 is 0. The molecule has 0 saturated carbocycles. The van der Waals surface area contributed by atoms with Gasteiger partial charge in [0.2, 0.25) is 0 Å². The van der Waals surface area contributed by atoms with Gasteiger partial charge in [0, 0.05) is 37.6 Å². The summed E-state index contributed by atoms with van der Waals surface area (Å²) in [6.07, 6.45) is 1.92. The number of rotatable bonds is 6. The molecule has 0 atom stereocenters. The van der Waals surface area contributed by atoms with Crippen LogP contribution < -0.4 is 9.88 Å². The number of hydrogen-bond donors (Lipinski definition) is 1. The van der Waals surface area contributed by atoms with Gasteiger partial charge in [-0.15, -0.1) is 0 Å². The van der Waals surface area contributed by atoms with Crippen molar-refractivity contribution in [3.8, 4) is 34.0 Å². The van der Waals surface area contributed by atoms with E-state index in [9.17, 15) is 5.11 Å². The van der Waals surface area contributed by atoms with Gasteiger partial charge < -0.3 is 15.0 Å². The van der Waals surface area contributed by atoms with Gasteiger partial charge in [0.15, 0.2) is 5.82 Å². The first-order chi connectivity index (χ1) is 25.0. The molecule has 1 N–H and O–H groups in total. The SMILES string of the molecule is CC(C)(C)c1cc(-c2nn(-c3cc(-c4ccccc4)cc(N(c4ccccc4)c4[n-]cc5ccccc45)n3)c3ccccc23)c(O)c(C(C)(C)C)c1.[Pt]. The van der Waals surface area contributed by atoms with E-state index in [1.807, 2.05) is 59.4 Å². The van der Waals surface area contributed by atoms with Crippen molar-refractivity contribution >= 4 is 39.0 Å². The quantitative estimate of drug-likeness (QED) is 0.180. The summed E-state index contributed by atoms with van der Waals surface area (Å²) in [5.41, 5.74) is 6.93. The molecule has 0 fully saturated rings. The maximum absolute atomic E-state index is 12.0. The zero-order chi connectivity index (χ0) is 36.2. The van der Waals surface area contributed by atoms with Crippen LogP contribution in [-0.4, -0.2) is 19.9 Å². The van der Waals surface area contributed by atoms with Crippen LogP contribution in [0.4, 0.5) is 17.3 Å². The van der Waals surface area contributed by atoms with E-state index in [4.69, 9.17) is 15.1 Å². The Bertz CT molecular complexity index is 2560. The van der Waals surface area contributed by atoms with Gasteiger partial charge in [-0.1, -0.05) is 157 Å². The molecule has 8 aromatic rings. The number of anilines is 3. The normalized spacial score (nSPS) is 11.9. The van der Waals surface area contributed by atoms with E-state index in [-0.39, 0.29) is 37.6 Å². The minimum absolute atomic E-state index is 0. The van der Waals surface area contributed by atoms with Gasteiger partial charge >= 0.3 is 0 Å². The van der Waals surface area contributed by atoms with Gasteiger partial charge in [-0.2, -0.15) is 5.10 Å². The van der Waals surface area contributed by atoms with E-state index in [0.29, 0.717) is 22.9 Å². The van der Waals surface area contributed by atoms with E-state index in [1.54, 1.807) is 0 Å². The van der Waals surface area contributed by atoms with Crippen molar-refractivity contribution in [3.05, 3.63) is 151 Å². The fraction of sp³-hybridized carbons (Fsp3) is 0.174. The third kappa shape index (κ3) is 6.69. The van der Waals surface area contributed by atoms with Crippen LogP contribution in [0.3, 0.4) is 0 Å². The van der Waals surface area contributed by atoms with Crippen LogP contribution in [-0.2, 0) is 31.9 Å². The van der Waals surface area contributed by atoms with Gasteiger partial charge in [-0.3, -0.25) is 0 Å². The average molecular weight is 876 g/mol. The largest absolute Gasteiger partial charge is 0.507 e. The van der Waals surface area contributed by atoms with Crippen LogP contribution in [0, 0.1) is 0 Å². The number of para-hydroxylation sites is 2. The fourth-order valence-electron chi connectivity index (χ4n) is 6.91. The summed E-state index contributed by atoms with van der Waals surface area (Å²) in [7, 11) is 0. The van der Waals surface area contributed by atoms with Crippen molar-refractivity contribution in [2.24, 2.45) is 0 Å². The first-order valence-electron chi connectivity index (χ1n) is 17.8. The molecule has 0 aliphatic heterocycles. The number of nitrogens with zero attached hydrogens (tertiary/aromatic N) is 5. The Balaban J connectivity index is 0.00000435. The second-order valence-corrected chi connectivity index (χ2v) is 15.5. The van der Waals surface area contributed by atoms with E-state index < -0.39 is 0 Å². The monoisotopic (exact) mass is 875 g/mol. The predicted molar refractivity (Wildman–Crippen MR) is 214 cm³/mol. The molecule has 0 bridgehead atoms. The topological polar surface area (TPSA) is 68.3 Å². The molecule has 3 heterocycles.